The van der Waals surface area contributed by atoms with Crippen LogP contribution < -0.4 is 14.8 Å². The van der Waals surface area contributed by atoms with Crippen LogP contribution in [-0.2, 0) is 0 Å². The van der Waals surface area contributed by atoms with Gasteiger partial charge in [0.25, 0.3) is 5.88 Å². The van der Waals surface area contributed by atoms with E-state index in [2.05, 4.69) is 56.7 Å². The molecule has 0 atom stereocenters. The average molecular weight is 378 g/mol. The van der Waals surface area contributed by atoms with E-state index in [1.165, 1.54) is 16.4 Å². The SMILES string of the molecule is COc1ccc(Nc2cc(-c3cccc(C)c3)pn3ccnc23)nc1OC. The zero-order valence-corrected chi connectivity index (χ0v) is 16.2. The standard InChI is InChI=1S/C20H19N4O2P/c1-13-5-4-6-14(11-13)17-12-15(19-21-9-10-24(19)27-17)22-18-8-7-16(25-2)20(23-18)26-3/h4-12H,1-3H3,(H,22,23). The lowest BCUT2D eigenvalue weighted by Crippen LogP contribution is -1.99. The van der Waals surface area contributed by atoms with Crippen LogP contribution in [0.5, 0.6) is 11.6 Å². The molecule has 1 N–H and O–H groups in total. The summed E-state index contributed by atoms with van der Waals surface area (Å²) < 4.78 is 12.7. The van der Waals surface area contributed by atoms with Gasteiger partial charge in [-0.15, -0.1) is 0 Å². The quantitative estimate of drug-likeness (QED) is 0.527. The van der Waals surface area contributed by atoms with E-state index in [9.17, 15) is 0 Å². The number of aryl methyl sites for hydroxylation is 1. The van der Waals surface area contributed by atoms with E-state index in [4.69, 9.17) is 9.47 Å². The first-order valence-corrected chi connectivity index (χ1v) is 9.30. The normalized spacial score (nSPS) is 11.1. The fraction of sp³-hybridized carbons (Fsp3) is 0.150. The number of benzene rings is 1. The first-order valence-electron chi connectivity index (χ1n) is 8.45. The van der Waals surface area contributed by atoms with Crippen molar-refractivity contribution in [1.29, 1.82) is 0 Å². The smallest absolute Gasteiger partial charge is 0.258 e. The Labute approximate surface area is 159 Å². The van der Waals surface area contributed by atoms with Crippen molar-refractivity contribution in [2.24, 2.45) is 0 Å². The van der Waals surface area contributed by atoms with Gasteiger partial charge in [-0.05, 0) is 30.7 Å². The second-order valence-electron chi connectivity index (χ2n) is 6.04. The van der Waals surface area contributed by atoms with E-state index in [-0.39, 0.29) is 0 Å². The maximum Gasteiger partial charge on any atom is 0.258 e. The van der Waals surface area contributed by atoms with Crippen molar-refractivity contribution in [1.82, 2.24) is 14.1 Å². The first-order chi connectivity index (χ1) is 13.2. The summed E-state index contributed by atoms with van der Waals surface area (Å²) in [6.07, 6.45) is 3.78. The Kier molecular flexibility index (Phi) is 4.65. The van der Waals surface area contributed by atoms with Gasteiger partial charge in [0.05, 0.1) is 19.9 Å². The number of hydrogen-bond donors (Lipinski definition) is 1. The molecule has 0 saturated heterocycles. The molecule has 0 aliphatic carbocycles. The van der Waals surface area contributed by atoms with Crippen LogP contribution in [0.2, 0.25) is 0 Å². The Hall–Kier alpha value is -3.11. The van der Waals surface area contributed by atoms with Gasteiger partial charge in [0.15, 0.2) is 11.4 Å². The van der Waals surface area contributed by atoms with Crippen molar-refractivity contribution in [3.63, 3.8) is 0 Å². The Morgan fingerprint density at radius 1 is 1.07 bits per heavy atom. The van der Waals surface area contributed by atoms with Crippen LogP contribution in [-0.4, -0.2) is 28.4 Å². The largest absolute Gasteiger partial charge is 0.491 e. The van der Waals surface area contributed by atoms with Crippen LogP contribution in [0.1, 0.15) is 5.56 Å². The highest BCUT2D eigenvalue weighted by Gasteiger charge is 2.11. The van der Waals surface area contributed by atoms with Crippen molar-refractivity contribution in [2.45, 2.75) is 6.92 Å². The summed E-state index contributed by atoms with van der Waals surface area (Å²) in [6.45, 7) is 2.10. The monoisotopic (exact) mass is 378 g/mol. The zero-order chi connectivity index (χ0) is 18.8. The molecule has 0 aliphatic heterocycles. The number of nitrogens with zero attached hydrogens (tertiary/aromatic N) is 3. The second-order valence-corrected chi connectivity index (χ2v) is 7.15. The number of ether oxygens (including phenoxy) is 2. The summed E-state index contributed by atoms with van der Waals surface area (Å²) >= 11 is 0. The summed E-state index contributed by atoms with van der Waals surface area (Å²) in [7, 11) is 4.23. The molecule has 3 heterocycles. The van der Waals surface area contributed by atoms with Gasteiger partial charge in [-0.1, -0.05) is 29.8 Å². The number of nitrogens with one attached hydrogen (secondary N) is 1. The predicted molar refractivity (Wildman–Crippen MR) is 109 cm³/mol. The fourth-order valence-electron chi connectivity index (χ4n) is 2.89. The summed E-state index contributed by atoms with van der Waals surface area (Å²) in [5.74, 6) is 1.69. The third kappa shape index (κ3) is 3.44. The minimum absolute atomic E-state index is 0.434. The Bertz CT molecular complexity index is 1110. The summed E-state index contributed by atoms with van der Waals surface area (Å²) in [5, 5.41) is 4.56. The highest BCUT2D eigenvalue weighted by atomic mass is 31.0. The fourth-order valence-corrected chi connectivity index (χ4v) is 3.94. The number of anilines is 2. The molecule has 0 radical (unpaired) electrons. The van der Waals surface area contributed by atoms with Gasteiger partial charge in [-0.2, -0.15) is 4.98 Å². The molecule has 6 nitrogen and oxygen atoms in total. The molecule has 0 unspecified atom stereocenters. The molecule has 0 amide bonds. The Balaban J connectivity index is 1.78. The predicted octanol–water partition coefficient (Wildman–Crippen LogP) is 5.05. The number of hydrogen-bond acceptors (Lipinski definition) is 5. The molecule has 0 bridgehead atoms. The van der Waals surface area contributed by atoms with Crippen LogP contribution in [0, 0.1) is 6.92 Å². The molecular weight excluding hydrogens is 359 g/mol. The van der Waals surface area contributed by atoms with E-state index in [1.54, 1.807) is 20.4 Å². The van der Waals surface area contributed by atoms with Gasteiger partial charge < -0.3 is 14.8 Å². The molecule has 27 heavy (non-hydrogen) atoms. The minimum Gasteiger partial charge on any atom is -0.491 e. The van der Waals surface area contributed by atoms with Crippen molar-refractivity contribution in [2.75, 3.05) is 19.5 Å². The Morgan fingerprint density at radius 2 is 1.96 bits per heavy atom. The molecule has 3 aromatic heterocycles. The highest BCUT2D eigenvalue weighted by Crippen LogP contribution is 2.35. The van der Waals surface area contributed by atoms with E-state index < -0.39 is 0 Å². The molecule has 0 spiro atoms. The van der Waals surface area contributed by atoms with Gasteiger partial charge in [-0.25, -0.2) is 4.98 Å². The van der Waals surface area contributed by atoms with E-state index in [0.717, 1.165) is 19.7 Å². The summed E-state index contributed by atoms with van der Waals surface area (Å²) in [6, 6.07) is 14.3. The summed E-state index contributed by atoms with van der Waals surface area (Å²) in [5.41, 5.74) is 4.17. The number of aromatic nitrogens is 3. The van der Waals surface area contributed by atoms with Crippen LogP contribution in [0.25, 0.3) is 16.5 Å². The van der Waals surface area contributed by atoms with Crippen LogP contribution >= 0.6 is 8.35 Å². The summed E-state index contributed by atoms with van der Waals surface area (Å²) in [4.78, 5) is 8.96. The number of pyridine rings is 1. The molecule has 4 rings (SSSR count). The van der Waals surface area contributed by atoms with Gasteiger partial charge in [0.2, 0.25) is 0 Å². The Morgan fingerprint density at radius 3 is 2.74 bits per heavy atom. The van der Waals surface area contributed by atoms with Gasteiger partial charge in [0.1, 0.15) is 5.82 Å². The maximum atomic E-state index is 5.30. The molecule has 1 aromatic carbocycles. The lowest BCUT2D eigenvalue weighted by atomic mass is 10.1. The van der Waals surface area contributed by atoms with Crippen LogP contribution in [0.4, 0.5) is 11.5 Å². The van der Waals surface area contributed by atoms with Crippen LogP contribution in [0.3, 0.4) is 0 Å². The average Bonchev–Trinajstić information content (AvgIpc) is 3.17. The van der Waals surface area contributed by atoms with Crippen molar-refractivity contribution in [3.8, 4) is 22.5 Å². The van der Waals surface area contributed by atoms with Crippen molar-refractivity contribution >= 4 is 25.5 Å². The molecule has 0 aliphatic rings. The van der Waals surface area contributed by atoms with Gasteiger partial charge >= 0.3 is 0 Å². The topological polar surface area (TPSA) is 60.7 Å². The molecule has 0 fully saturated rings. The lowest BCUT2D eigenvalue weighted by molar-refractivity contribution is 0.343. The first kappa shape index (κ1) is 17.3. The van der Waals surface area contributed by atoms with Gasteiger partial charge in [0, 0.05) is 26.0 Å². The third-order valence-corrected chi connectivity index (χ3v) is 5.32. The minimum atomic E-state index is 0.434. The third-order valence-electron chi connectivity index (χ3n) is 4.17. The lowest BCUT2D eigenvalue weighted by Gasteiger charge is -2.12. The molecule has 4 aromatic rings. The van der Waals surface area contributed by atoms with E-state index in [1.807, 2.05) is 18.3 Å². The number of rotatable bonds is 5. The molecule has 136 valence electrons. The molecular formula is C20H19N4O2P. The molecule has 7 heteroatoms. The van der Waals surface area contributed by atoms with E-state index >= 15 is 0 Å². The van der Waals surface area contributed by atoms with Gasteiger partial charge in [-0.3, -0.25) is 4.16 Å². The van der Waals surface area contributed by atoms with Crippen LogP contribution in [0.15, 0.2) is 54.9 Å². The second kappa shape index (κ2) is 7.25. The molecule has 0 saturated carbocycles. The number of imidazole rings is 1. The number of methoxy groups -OCH3 is 2. The maximum absolute atomic E-state index is 5.30. The highest BCUT2D eigenvalue weighted by molar-refractivity contribution is 7.30. The van der Waals surface area contributed by atoms with E-state index in [0.29, 0.717) is 17.4 Å². The van der Waals surface area contributed by atoms with Crippen molar-refractivity contribution in [3.05, 3.63) is 60.4 Å². The van der Waals surface area contributed by atoms with Crippen molar-refractivity contribution < 1.29 is 9.47 Å². The number of fused-ring (bicyclic) bond motifs is 1. The zero-order valence-electron chi connectivity index (χ0n) is 15.3.